The molecule has 0 aliphatic rings. The van der Waals surface area contributed by atoms with E-state index in [9.17, 15) is 8.42 Å². The Morgan fingerprint density at radius 1 is 1.00 bits per heavy atom. The summed E-state index contributed by atoms with van der Waals surface area (Å²) in [6, 6.07) is 0. The van der Waals surface area contributed by atoms with Gasteiger partial charge in [0.1, 0.15) is 0 Å². The Balaban J connectivity index is 3.67. The third-order valence-electron chi connectivity index (χ3n) is 3.19. The highest BCUT2D eigenvalue weighted by Gasteiger charge is 2.12. The van der Waals surface area contributed by atoms with Crippen molar-refractivity contribution in [2.45, 2.75) is 52.9 Å². The summed E-state index contributed by atoms with van der Waals surface area (Å²) in [5.41, 5.74) is 0. The van der Waals surface area contributed by atoms with Gasteiger partial charge in [0.25, 0.3) is 0 Å². The number of nitrogens with one attached hydrogen (secondary N) is 2. The van der Waals surface area contributed by atoms with Crippen molar-refractivity contribution >= 4 is 10.0 Å². The Morgan fingerprint density at radius 2 is 1.67 bits per heavy atom. The van der Waals surface area contributed by atoms with Gasteiger partial charge in [-0.1, -0.05) is 33.6 Å². The predicted molar refractivity (Wildman–Crippen MR) is 78.3 cm³/mol. The van der Waals surface area contributed by atoms with E-state index in [4.69, 9.17) is 0 Å². The van der Waals surface area contributed by atoms with Crippen molar-refractivity contribution in [3.63, 3.8) is 0 Å². The molecule has 18 heavy (non-hydrogen) atoms. The molecule has 2 N–H and O–H groups in total. The Bertz CT molecular complexity index is 275. The van der Waals surface area contributed by atoms with Gasteiger partial charge < -0.3 is 5.32 Å². The third-order valence-corrected chi connectivity index (χ3v) is 4.62. The largest absolute Gasteiger partial charge is 0.317 e. The molecular formula is C13H30N2O2S. The van der Waals surface area contributed by atoms with Gasteiger partial charge in [-0.25, -0.2) is 13.1 Å². The van der Waals surface area contributed by atoms with Crippen molar-refractivity contribution in [3.8, 4) is 0 Å². The van der Waals surface area contributed by atoms with E-state index in [1.165, 1.54) is 0 Å². The predicted octanol–water partition coefficient (Wildman–Crippen LogP) is 2.12. The van der Waals surface area contributed by atoms with Crippen LogP contribution in [0.25, 0.3) is 0 Å². The van der Waals surface area contributed by atoms with Crippen molar-refractivity contribution in [2.24, 2.45) is 5.92 Å². The lowest BCUT2D eigenvalue weighted by Gasteiger charge is -2.13. The van der Waals surface area contributed by atoms with Crippen molar-refractivity contribution in [1.29, 1.82) is 0 Å². The summed E-state index contributed by atoms with van der Waals surface area (Å²) < 4.78 is 26.2. The van der Waals surface area contributed by atoms with E-state index in [1.54, 1.807) is 0 Å². The molecule has 0 saturated carbocycles. The monoisotopic (exact) mass is 278 g/mol. The van der Waals surface area contributed by atoms with Crippen molar-refractivity contribution < 1.29 is 8.42 Å². The maximum atomic E-state index is 11.7. The summed E-state index contributed by atoms with van der Waals surface area (Å²) >= 11 is 0. The van der Waals surface area contributed by atoms with Crippen LogP contribution in [0.2, 0.25) is 0 Å². The van der Waals surface area contributed by atoms with E-state index >= 15 is 0 Å². The molecule has 0 atom stereocenters. The lowest BCUT2D eigenvalue weighted by molar-refractivity contribution is 0.478. The molecule has 0 spiro atoms. The van der Waals surface area contributed by atoms with E-state index in [-0.39, 0.29) is 5.75 Å². The van der Waals surface area contributed by atoms with Gasteiger partial charge >= 0.3 is 0 Å². The van der Waals surface area contributed by atoms with Crippen LogP contribution >= 0.6 is 0 Å². The minimum Gasteiger partial charge on any atom is -0.317 e. The number of hydrogen-bond donors (Lipinski definition) is 2. The first-order valence-corrected chi connectivity index (χ1v) is 8.89. The molecule has 0 aromatic heterocycles. The number of rotatable bonds is 12. The minimum atomic E-state index is -3.07. The molecule has 0 radical (unpaired) electrons. The Morgan fingerprint density at radius 3 is 2.22 bits per heavy atom. The Labute approximate surface area is 113 Å². The topological polar surface area (TPSA) is 58.2 Å². The highest BCUT2D eigenvalue weighted by Crippen LogP contribution is 2.06. The van der Waals surface area contributed by atoms with E-state index in [1.807, 2.05) is 0 Å². The summed E-state index contributed by atoms with van der Waals surface area (Å²) in [5.74, 6) is 0.715. The molecular weight excluding hydrogens is 248 g/mol. The fourth-order valence-corrected chi connectivity index (χ4v) is 2.96. The fourth-order valence-electron chi connectivity index (χ4n) is 1.74. The first kappa shape index (κ1) is 17.9. The van der Waals surface area contributed by atoms with Crippen LogP contribution in [0, 0.1) is 5.92 Å². The highest BCUT2D eigenvalue weighted by atomic mass is 32.2. The fraction of sp³-hybridized carbons (Fsp3) is 1.00. The van der Waals surface area contributed by atoms with E-state index in [0.717, 1.165) is 45.2 Å². The quantitative estimate of drug-likeness (QED) is 0.538. The average molecular weight is 278 g/mol. The number of unbranched alkanes of at least 4 members (excludes halogenated alkanes) is 1. The minimum absolute atomic E-state index is 0.251. The molecule has 110 valence electrons. The van der Waals surface area contributed by atoms with Crippen LogP contribution in [0.4, 0.5) is 0 Å². The van der Waals surface area contributed by atoms with Crippen LogP contribution in [0.5, 0.6) is 0 Å². The van der Waals surface area contributed by atoms with Gasteiger partial charge in [-0.05, 0) is 38.3 Å². The van der Waals surface area contributed by atoms with Crippen LogP contribution in [0.1, 0.15) is 52.9 Å². The highest BCUT2D eigenvalue weighted by molar-refractivity contribution is 7.89. The molecule has 0 aromatic rings. The van der Waals surface area contributed by atoms with E-state index in [2.05, 4.69) is 30.8 Å². The number of hydrogen-bond acceptors (Lipinski definition) is 3. The van der Waals surface area contributed by atoms with Crippen LogP contribution in [0.15, 0.2) is 0 Å². The first-order valence-electron chi connectivity index (χ1n) is 7.23. The molecule has 0 rings (SSSR count). The zero-order valence-electron chi connectivity index (χ0n) is 12.2. The van der Waals surface area contributed by atoms with Crippen molar-refractivity contribution in [1.82, 2.24) is 10.0 Å². The van der Waals surface area contributed by atoms with Gasteiger partial charge in [-0.2, -0.15) is 0 Å². The molecule has 0 saturated heterocycles. The van der Waals surface area contributed by atoms with Crippen LogP contribution in [-0.2, 0) is 10.0 Å². The van der Waals surface area contributed by atoms with Gasteiger partial charge in [-0.15, -0.1) is 0 Å². The average Bonchev–Trinajstić information content (AvgIpc) is 2.35. The zero-order chi connectivity index (χ0) is 13.9. The van der Waals surface area contributed by atoms with Gasteiger partial charge in [0.15, 0.2) is 0 Å². The normalized spacial score (nSPS) is 12.2. The van der Waals surface area contributed by atoms with Crippen LogP contribution in [0.3, 0.4) is 0 Å². The van der Waals surface area contributed by atoms with Crippen molar-refractivity contribution in [3.05, 3.63) is 0 Å². The van der Waals surface area contributed by atoms with Crippen molar-refractivity contribution in [2.75, 3.05) is 25.4 Å². The molecule has 0 heterocycles. The summed E-state index contributed by atoms with van der Waals surface area (Å²) in [6.07, 6.45) is 4.83. The SMILES string of the molecule is CCCNCCCCS(=O)(=O)NCC(CC)CC. The standard InChI is InChI=1S/C13H30N2O2S/c1-4-9-14-10-7-8-11-18(16,17)15-12-13(5-2)6-3/h13-15H,4-12H2,1-3H3. The second-order valence-corrected chi connectivity index (χ2v) is 6.73. The summed E-state index contributed by atoms with van der Waals surface area (Å²) in [7, 11) is -3.07. The van der Waals surface area contributed by atoms with Gasteiger partial charge in [0.05, 0.1) is 5.75 Å². The zero-order valence-corrected chi connectivity index (χ0v) is 13.0. The van der Waals surface area contributed by atoms with Crippen LogP contribution in [-0.4, -0.2) is 33.8 Å². The molecule has 0 fully saturated rings. The molecule has 0 amide bonds. The summed E-state index contributed by atoms with van der Waals surface area (Å²) in [5, 5.41) is 3.27. The number of sulfonamides is 1. The second kappa shape index (κ2) is 10.8. The molecule has 0 aliphatic carbocycles. The molecule has 4 nitrogen and oxygen atoms in total. The van der Waals surface area contributed by atoms with Gasteiger partial charge in [-0.3, -0.25) is 0 Å². The molecule has 0 aliphatic heterocycles. The Hall–Kier alpha value is -0.130. The maximum absolute atomic E-state index is 11.7. The molecule has 0 aromatic carbocycles. The summed E-state index contributed by atoms with van der Waals surface area (Å²) in [6.45, 7) is 8.84. The first-order chi connectivity index (χ1) is 8.55. The van der Waals surface area contributed by atoms with Gasteiger partial charge in [0.2, 0.25) is 10.0 Å². The molecule has 0 unspecified atom stereocenters. The van der Waals surface area contributed by atoms with Crippen LogP contribution < -0.4 is 10.0 Å². The second-order valence-electron chi connectivity index (χ2n) is 4.81. The third kappa shape index (κ3) is 9.85. The lowest BCUT2D eigenvalue weighted by atomic mass is 10.0. The maximum Gasteiger partial charge on any atom is 0.211 e. The van der Waals surface area contributed by atoms with E-state index < -0.39 is 10.0 Å². The Kier molecular flexibility index (Phi) is 10.7. The summed E-state index contributed by atoms with van der Waals surface area (Å²) in [4.78, 5) is 0. The van der Waals surface area contributed by atoms with Gasteiger partial charge in [0, 0.05) is 6.54 Å². The lowest BCUT2D eigenvalue weighted by Crippen LogP contribution is -2.31. The van der Waals surface area contributed by atoms with E-state index in [0.29, 0.717) is 12.5 Å². The molecule has 5 heteroatoms. The molecule has 0 bridgehead atoms. The smallest absolute Gasteiger partial charge is 0.211 e.